The fourth-order valence-corrected chi connectivity index (χ4v) is 3.04. The third-order valence-electron chi connectivity index (χ3n) is 4.27. The third kappa shape index (κ3) is 4.26. The largest absolute Gasteiger partial charge is 0.497 e. The summed E-state index contributed by atoms with van der Waals surface area (Å²) in [5.74, 6) is 0.520. The van der Waals surface area contributed by atoms with Gasteiger partial charge in [-0.05, 0) is 61.4 Å². The van der Waals surface area contributed by atoms with E-state index in [1.54, 1.807) is 60.5 Å². The first-order chi connectivity index (χ1) is 12.6. The summed E-state index contributed by atoms with van der Waals surface area (Å²) < 4.78 is 5.10. The van der Waals surface area contributed by atoms with Crippen LogP contribution in [0.25, 0.3) is 0 Å². The molecule has 0 radical (unpaired) electrons. The first kappa shape index (κ1) is 18.1. The number of carbonyl (C=O) groups is 2. The van der Waals surface area contributed by atoms with E-state index in [4.69, 9.17) is 16.3 Å². The smallest absolute Gasteiger partial charge is 0.322 e. The van der Waals surface area contributed by atoms with Gasteiger partial charge in [0.15, 0.2) is 0 Å². The number of ether oxygens (including phenoxy) is 1. The van der Waals surface area contributed by atoms with Gasteiger partial charge in [0.05, 0.1) is 7.11 Å². The Morgan fingerprint density at radius 2 is 1.65 bits per heavy atom. The van der Waals surface area contributed by atoms with E-state index in [2.05, 4.69) is 10.6 Å². The molecule has 2 aromatic carbocycles. The molecule has 0 unspecified atom stereocenters. The molecule has 0 aromatic heterocycles. The minimum absolute atomic E-state index is 0.195. The molecular weight excluding hydrogens is 354 g/mol. The zero-order valence-corrected chi connectivity index (χ0v) is 15.1. The van der Waals surface area contributed by atoms with Gasteiger partial charge in [-0.2, -0.15) is 0 Å². The molecule has 1 fully saturated rings. The maximum Gasteiger partial charge on any atom is 0.322 e. The van der Waals surface area contributed by atoms with Crippen LogP contribution < -0.4 is 15.4 Å². The summed E-state index contributed by atoms with van der Waals surface area (Å²) in [5.41, 5.74) is 1.31. The predicted molar refractivity (Wildman–Crippen MR) is 102 cm³/mol. The van der Waals surface area contributed by atoms with Crippen molar-refractivity contribution in [2.24, 2.45) is 0 Å². The van der Waals surface area contributed by atoms with Gasteiger partial charge in [0.2, 0.25) is 5.91 Å². The van der Waals surface area contributed by atoms with Crippen molar-refractivity contribution < 1.29 is 14.3 Å². The second kappa shape index (κ2) is 8.10. The summed E-state index contributed by atoms with van der Waals surface area (Å²) in [6, 6.07) is 13.2. The number of likely N-dealkylation sites (tertiary alicyclic amines) is 1. The number of nitrogens with one attached hydrogen (secondary N) is 2. The lowest BCUT2D eigenvalue weighted by molar-refractivity contribution is -0.119. The van der Waals surface area contributed by atoms with Crippen LogP contribution in [0.2, 0.25) is 5.02 Å². The number of methoxy groups -OCH3 is 1. The van der Waals surface area contributed by atoms with Gasteiger partial charge in [-0.15, -0.1) is 0 Å². The normalized spacial score (nSPS) is 16.2. The molecule has 26 heavy (non-hydrogen) atoms. The SMILES string of the molecule is COc1ccc(NC(=O)[C@@H]2CCCN2C(=O)Nc2ccc(Cl)cc2)cc1. The summed E-state index contributed by atoms with van der Waals surface area (Å²) in [4.78, 5) is 26.7. The van der Waals surface area contributed by atoms with E-state index >= 15 is 0 Å². The molecule has 1 aliphatic rings. The Balaban J connectivity index is 1.63. The van der Waals surface area contributed by atoms with E-state index < -0.39 is 6.04 Å². The summed E-state index contributed by atoms with van der Waals surface area (Å²) >= 11 is 5.85. The number of nitrogens with zero attached hydrogens (tertiary/aromatic N) is 1. The van der Waals surface area contributed by atoms with Crippen LogP contribution in [-0.2, 0) is 4.79 Å². The summed E-state index contributed by atoms with van der Waals surface area (Å²) in [6.07, 6.45) is 1.42. The highest BCUT2D eigenvalue weighted by Gasteiger charge is 2.34. The van der Waals surface area contributed by atoms with E-state index in [0.717, 1.165) is 6.42 Å². The maximum atomic E-state index is 12.6. The summed E-state index contributed by atoms with van der Waals surface area (Å²) in [7, 11) is 1.59. The van der Waals surface area contributed by atoms with Gasteiger partial charge in [-0.1, -0.05) is 11.6 Å². The van der Waals surface area contributed by atoms with Crippen molar-refractivity contribution in [2.75, 3.05) is 24.3 Å². The average Bonchev–Trinajstić information content (AvgIpc) is 3.14. The quantitative estimate of drug-likeness (QED) is 0.851. The van der Waals surface area contributed by atoms with Crippen molar-refractivity contribution in [3.63, 3.8) is 0 Å². The Hall–Kier alpha value is -2.73. The first-order valence-corrected chi connectivity index (χ1v) is 8.73. The second-order valence-electron chi connectivity index (χ2n) is 6.01. The van der Waals surface area contributed by atoms with Gasteiger partial charge < -0.3 is 20.3 Å². The van der Waals surface area contributed by atoms with Crippen molar-refractivity contribution in [1.82, 2.24) is 4.90 Å². The molecule has 3 rings (SSSR count). The highest BCUT2D eigenvalue weighted by atomic mass is 35.5. The van der Waals surface area contributed by atoms with Crippen molar-refractivity contribution in [3.05, 3.63) is 53.6 Å². The molecular formula is C19H20ClN3O3. The van der Waals surface area contributed by atoms with Crippen LogP contribution in [0.15, 0.2) is 48.5 Å². The molecule has 6 nitrogen and oxygen atoms in total. The van der Waals surface area contributed by atoms with Gasteiger partial charge in [0, 0.05) is 22.9 Å². The second-order valence-corrected chi connectivity index (χ2v) is 6.44. The van der Waals surface area contributed by atoms with Crippen LogP contribution in [0, 0.1) is 0 Å². The lowest BCUT2D eigenvalue weighted by atomic mass is 10.2. The molecule has 0 saturated carbocycles. The number of anilines is 2. The maximum absolute atomic E-state index is 12.6. The van der Waals surface area contributed by atoms with E-state index in [1.807, 2.05) is 0 Å². The first-order valence-electron chi connectivity index (χ1n) is 8.35. The molecule has 1 atom stereocenters. The number of hydrogen-bond acceptors (Lipinski definition) is 3. The zero-order valence-electron chi connectivity index (χ0n) is 14.4. The average molecular weight is 374 g/mol. The van der Waals surface area contributed by atoms with Crippen molar-refractivity contribution >= 4 is 34.9 Å². The number of hydrogen-bond donors (Lipinski definition) is 2. The van der Waals surface area contributed by atoms with Crippen molar-refractivity contribution in [3.8, 4) is 5.75 Å². The van der Waals surface area contributed by atoms with Crippen LogP contribution in [0.1, 0.15) is 12.8 Å². The van der Waals surface area contributed by atoms with E-state index in [0.29, 0.717) is 35.1 Å². The third-order valence-corrected chi connectivity index (χ3v) is 4.52. The van der Waals surface area contributed by atoms with Gasteiger partial charge >= 0.3 is 6.03 Å². The Kier molecular flexibility index (Phi) is 5.63. The number of rotatable bonds is 4. The zero-order chi connectivity index (χ0) is 18.5. The Morgan fingerprint density at radius 3 is 2.31 bits per heavy atom. The highest BCUT2D eigenvalue weighted by Crippen LogP contribution is 2.22. The standard InChI is InChI=1S/C19H20ClN3O3/c1-26-16-10-8-14(9-11-16)21-18(24)17-3-2-12-23(17)19(25)22-15-6-4-13(20)5-7-15/h4-11,17H,2-3,12H2,1H3,(H,21,24)(H,22,25)/t17-/m0/s1. The summed E-state index contributed by atoms with van der Waals surface area (Å²) in [5, 5.41) is 6.26. The number of halogens is 1. The summed E-state index contributed by atoms with van der Waals surface area (Å²) in [6.45, 7) is 0.542. The van der Waals surface area contributed by atoms with Gasteiger partial charge in [-0.3, -0.25) is 4.79 Å². The van der Waals surface area contributed by atoms with Crippen LogP contribution in [0.5, 0.6) is 5.75 Å². The number of carbonyl (C=O) groups excluding carboxylic acids is 2. The molecule has 1 aliphatic heterocycles. The molecule has 2 aromatic rings. The van der Waals surface area contributed by atoms with E-state index in [9.17, 15) is 9.59 Å². The molecule has 1 saturated heterocycles. The minimum Gasteiger partial charge on any atom is -0.497 e. The molecule has 0 spiro atoms. The van der Waals surface area contributed by atoms with Gasteiger partial charge in [-0.25, -0.2) is 4.79 Å². The van der Waals surface area contributed by atoms with Gasteiger partial charge in [0.25, 0.3) is 0 Å². The minimum atomic E-state index is -0.496. The fourth-order valence-electron chi connectivity index (χ4n) is 2.91. The van der Waals surface area contributed by atoms with Gasteiger partial charge in [0.1, 0.15) is 11.8 Å². The molecule has 2 N–H and O–H groups in total. The number of amides is 3. The van der Waals surface area contributed by atoms with Crippen LogP contribution in [-0.4, -0.2) is 36.5 Å². The number of benzene rings is 2. The Labute approximate surface area is 157 Å². The highest BCUT2D eigenvalue weighted by molar-refractivity contribution is 6.30. The van der Waals surface area contributed by atoms with Crippen LogP contribution >= 0.6 is 11.6 Å². The number of urea groups is 1. The molecule has 3 amide bonds. The molecule has 0 bridgehead atoms. The lowest BCUT2D eigenvalue weighted by Gasteiger charge is -2.24. The van der Waals surface area contributed by atoms with E-state index in [1.165, 1.54) is 0 Å². The van der Waals surface area contributed by atoms with Crippen molar-refractivity contribution in [2.45, 2.75) is 18.9 Å². The monoisotopic (exact) mass is 373 g/mol. The van der Waals surface area contributed by atoms with Crippen LogP contribution in [0.3, 0.4) is 0 Å². The lowest BCUT2D eigenvalue weighted by Crippen LogP contribution is -2.45. The van der Waals surface area contributed by atoms with Crippen molar-refractivity contribution in [1.29, 1.82) is 0 Å². The van der Waals surface area contributed by atoms with E-state index in [-0.39, 0.29) is 11.9 Å². The fraction of sp³-hybridized carbons (Fsp3) is 0.263. The molecule has 136 valence electrons. The topological polar surface area (TPSA) is 70.7 Å². The Bertz CT molecular complexity index is 778. The van der Waals surface area contributed by atoms with Crippen LogP contribution in [0.4, 0.5) is 16.2 Å². The predicted octanol–water partition coefficient (Wildman–Crippen LogP) is 3.98. The Morgan fingerprint density at radius 1 is 1.04 bits per heavy atom. The molecule has 7 heteroatoms. The molecule has 1 heterocycles. The molecule has 0 aliphatic carbocycles.